The van der Waals surface area contributed by atoms with E-state index in [0.29, 0.717) is 52.0 Å². The number of benzene rings is 3. The van der Waals surface area contributed by atoms with E-state index < -0.39 is 12.0 Å². The molecule has 0 bridgehead atoms. The third-order valence-corrected chi connectivity index (χ3v) is 8.64. The minimum absolute atomic E-state index is 0.171. The van der Waals surface area contributed by atoms with Crippen LogP contribution in [0, 0.1) is 11.3 Å². The molecule has 11 heteroatoms. The van der Waals surface area contributed by atoms with Crippen molar-refractivity contribution in [1.82, 2.24) is 4.57 Å². The van der Waals surface area contributed by atoms with Crippen LogP contribution in [0.5, 0.6) is 5.75 Å². The van der Waals surface area contributed by atoms with E-state index in [4.69, 9.17) is 37.9 Å². The molecule has 1 atom stereocenters. The molecule has 1 aliphatic heterocycles. The van der Waals surface area contributed by atoms with Crippen LogP contribution in [0.3, 0.4) is 0 Å². The van der Waals surface area contributed by atoms with Gasteiger partial charge in [0.25, 0.3) is 5.56 Å². The highest BCUT2D eigenvalue weighted by molar-refractivity contribution is 9.10. The van der Waals surface area contributed by atoms with Crippen molar-refractivity contribution in [2.75, 3.05) is 6.61 Å². The fourth-order valence-electron chi connectivity index (χ4n) is 4.59. The number of hydrogen-bond donors (Lipinski definition) is 0. The van der Waals surface area contributed by atoms with E-state index in [1.807, 2.05) is 12.1 Å². The van der Waals surface area contributed by atoms with Crippen LogP contribution >= 0.6 is 50.5 Å². The van der Waals surface area contributed by atoms with Gasteiger partial charge in [0.1, 0.15) is 18.4 Å². The molecule has 0 fully saturated rings. The third kappa shape index (κ3) is 5.94. The van der Waals surface area contributed by atoms with Crippen LogP contribution in [0.4, 0.5) is 0 Å². The predicted molar refractivity (Wildman–Crippen MR) is 166 cm³/mol. The van der Waals surface area contributed by atoms with Crippen molar-refractivity contribution in [3.05, 3.63) is 128 Å². The van der Waals surface area contributed by atoms with Gasteiger partial charge < -0.3 is 9.47 Å². The quantitative estimate of drug-likeness (QED) is 0.213. The van der Waals surface area contributed by atoms with Crippen molar-refractivity contribution in [2.45, 2.75) is 26.5 Å². The van der Waals surface area contributed by atoms with Crippen molar-refractivity contribution >= 4 is 62.5 Å². The minimum Gasteiger partial charge on any atom is -0.487 e. The van der Waals surface area contributed by atoms with Crippen LogP contribution in [0.2, 0.25) is 10.0 Å². The number of carbonyl (C=O) groups is 1. The fourth-order valence-corrected chi connectivity index (χ4v) is 6.82. The lowest BCUT2D eigenvalue weighted by Gasteiger charge is -2.25. The van der Waals surface area contributed by atoms with Gasteiger partial charge in [-0.1, -0.05) is 64.9 Å². The zero-order chi connectivity index (χ0) is 30.0. The van der Waals surface area contributed by atoms with Crippen molar-refractivity contribution < 1.29 is 14.3 Å². The highest BCUT2D eigenvalue weighted by atomic mass is 79.9. The molecule has 7 nitrogen and oxygen atoms in total. The lowest BCUT2D eigenvalue weighted by Crippen LogP contribution is -2.40. The Bertz CT molecular complexity index is 1960. The molecular weight excluding hydrogens is 661 g/mol. The summed E-state index contributed by atoms with van der Waals surface area (Å²) in [5.74, 6) is -0.0733. The Balaban J connectivity index is 1.64. The SMILES string of the molecule is CCOC(=O)C1=C(C)N=c2s/c(=C\c3cc(Cl)cc(Br)c3OCc3ccc(C#N)cc3)c(=O)n2[C@H]1c1ccccc1Cl. The van der Waals surface area contributed by atoms with Crippen LogP contribution in [0.15, 0.2) is 86.2 Å². The van der Waals surface area contributed by atoms with Gasteiger partial charge in [-0.25, -0.2) is 9.79 Å². The second-order valence-electron chi connectivity index (χ2n) is 9.23. The van der Waals surface area contributed by atoms with E-state index in [9.17, 15) is 9.59 Å². The molecular formula is C31H22BrCl2N3O4S. The molecule has 2 heterocycles. The molecule has 0 spiro atoms. The Labute approximate surface area is 263 Å². The Hall–Kier alpha value is -3.68. The van der Waals surface area contributed by atoms with Crippen molar-refractivity contribution in [3.63, 3.8) is 0 Å². The molecule has 0 saturated heterocycles. The van der Waals surface area contributed by atoms with Crippen LogP contribution in [-0.2, 0) is 16.1 Å². The maximum Gasteiger partial charge on any atom is 0.338 e. The summed E-state index contributed by atoms with van der Waals surface area (Å²) in [5.41, 5.74) is 2.92. The number of esters is 1. The monoisotopic (exact) mass is 681 g/mol. The van der Waals surface area contributed by atoms with Crippen molar-refractivity contribution in [3.8, 4) is 11.8 Å². The Kier molecular flexibility index (Phi) is 8.99. The molecule has 1 aromatic heterocycles. The summed E-state index contributed by atoms with van der Waals surface area (Å²) in [6.07, 6.45) is 1.70. The van der Waals surface area contributed by atoms with Gasteiger partial charge in [0.05, 0.1) is 38.5 Å². The van der Waals surface area contributed by atoms with Gasteiger partial charge in [-0.2, -0.15) is 5.26 Å². The van der Waals surface area contributed by atoms with Crippen molar-refractivity contribution in [2.24, 2.45) is 4.99 Å². The van der Waals surface area contributed by atoms with Gasteiger partial charge >= 0.3 is 5.97 Å². The van der Waals surface area contributed by atoms with E-state index >= 15 is 0 Å². The smallest absolute Gasteiger partial charge is 0.338 e. The Morgan fingerprint density at radius 1 is 1.19 bits per heavy atom. The fraction of sp³-hybridized carbons (Fsp3) is 0.161. The van der Waals surface area contributed by atoms with E-state index in [-0.39, 0.29) is 24.3 Å². The maximum atomic E-state index is 14.0. The Morgan fingerprint density at radius 3 is 2.62 bits per heavy atom. The Morgan fingerprint density at radius 2 is 1.93 bits per heavy atom. The van der Waals surface area contributed by atoms with E-state index in [1.165, 1.54) is 15.9 Å². The van der Waals surface area contributed by atoms with Crippen LogP contribution in [0.25, 0.3) is 6.08 Å². The minimum atomic E-state index is -0.825. The molecule has 0 N–H and O–H groups in total. The first-order valence-electron chi connectivity index (χ1n) is 12.8. The number of thiazole rings is 1. The number of rotatable bonds is 7. The number of nitrogens with zero attached hydrogens (tertiary/aromatic N) is 3. The third-order valence-electron chi connectivity index (χ3n) is 6.51. The topological polar surface area (TPSA) is 93.7 Å². The molecule has 212 valence electrons. The molecule has 3 aromatic carbocycles. The number of ether oxygens (including phenoxy) is 2. The summed E-state index contributed by atoms with van der Waals surface area (Å²) >= 11 is 17.7. The molecule has 0 aliphatic carbocycles. The average Bonchev–Trinajstić information content (AvgIpc) is 3.26. The number of hydrogen-bond acceptors (Lipinski definition) is 7. The normalized spacial score (nSPS) is 14.7. The average molecular weight is 683 g/mol. The van der Waals surface area contributed by atoms with Gasteiger partial charge in [0, 0.05) is 15.6 Å². The molecule has 4 aromatic rings. The summed E-state index contributed by atoms with van der Waals surface area (Å²) in [6.45, 7) is 3.83. The highest BCUT2D eigenvalue weighted by Gasteiger charge is 2.34. The number of nitriles is 1. The molecule has 0 unspecified atom stereocenters. The van der Waals surface area contributed by atoms with Crippen LogP contribution in [0.1, 0.15) is 42.1 Å². The molecule has 0 radical (unpaired) electrons. The second kappa shape index (κ2) is 12.7. The lowest BCUT2D eigenvalue weighted by atomic mass is 9.96. The zero-order valence-corrected chi connectivity index (χ0v) is 26.3. The molecule has 42 heavy (non-hydrogen) atoms. The second-order valence-corrected chi connectivity index (χ2v) is 11.9. The van der Waals surface area contributed by atoms with Gasteiger partial charge in [-0.15, -0.1) is 0 Å². The number of carbonyl (C=O) groups excluding carboxylic acids is 1. The molecule has 0 saturated carbocycles. The first-order chi connectivity index (χ1) is 20.2. The number of fused-ring (bicyclic) bond motifs is 1. The summed E-state index contributed by atoms with van der Waals surface area (Å²) in [7, 11) is 0. The van der Waals surface area contributed by atoms with Gasteiger partial charge in [-0.3, -0.25) is 9.36 Å². The summed E-state index contributed by atoms with van der Waals surface area (Å²) in [6, 6.07) is 18.9. The van der Waals surface area contributed by atoms with Gasteiger partial charge in [-0.05, 0) is 77.3 Å². The summed E-state index contributed by atoms with van der Waals surface area (Å²) in [4.78, 5) is 32.2. The van der Waals surface area contributed by atoms with Gasteiger partial charge in [0.15, 0.2) is 4.80 Å². The first kappa shape index (κ1) is 29.8. The van der Waals surface area contributed by atoms with Gasteiger partial charge in [0.2, 0.25) is 0 Å². The molecule has 1 aliphatic rings. The molecule has 5 rings (SSSR count). The number of aromatic nitrogens is 1. The van der Waals surface area contributed by atoms with Crippen molar-refractivity contribution in [1.29, 1.82) is 5.26 Å². The predicted octanol–water partition coefficient (Wildman–Crippen LogP) is 6.32. The summed E-state index contributed by atoms with van der Waals surface area (Å²) in [5, 5.41) is 9.92. The zero-order valence-electron chi connectivity index (χ0n) is 22.4. The van der Waals surface area contributed by atoms with E-state index in [2.05, 4.69) is 27.0 Å². The van der Waals surface area contributed by atoms with Crippen LogP contribution in [-0.4, -0.2) is 17.1 Å². The van der Waals surface area contributed by atoms with E-state index in [1.54, 1.807) is 68.5 Å². The molecule has 0 amide bonds. The number of allylic oxidation sites excluding steroid dienone is 1. The summed E-state index contributed by atoms with van der Waals surface area (Å²) < 4.78 is 14.0. The highest BCUT2D eigenvalue weighted by Crippen LogP contribution is 2.36. The van der Waals surface area contributed by atoms with E-state index in [0.717, 1.165) is 5.56 Å². The maximum absolute atomic E-state index is 14.0. The largest absolute Gasteiger partial charge is 0.487 e. The number of halogens is 3. The lowest BCUT2D eigenvalue weighted by molar-refractivity contribution is -0.139. The standard InChI is InChI=1S/C31H22BrCl2N3O4S/c1-3-40-30(39)26-17(2)36-31-37(27(26)22-6-4-5-7-24(22)34)29(38)25(42-31)13-20-12-21(33)14-23(32)28(20)41-16-19-10-8-18(15-35)9-11-19/h4-14,27H,3,16H2,1-2H3/b25-13-/t27-/m0/s1. The first-order valence-corrected chi connectivity index (χ1v) is 15.1. The van der Waals surface area contributed by atoms with Crippen LogP contribution < -0.4 is 19.6 Å².